The van der Waals surface area contributed by atoms with Crippen LogP contribution >= 0.6 is 0 Å². The number of nitrogens with zero attached hydrogens (tertiary/aromatic N) is 1. The summed E-state index contributed by atoms with van der Waals surface area (Å²) in [5, 5.41) is 0. The zero-order valence-corrected chi connectivity index (χ0v) is 8.87. The molecule has 0 aliphatic carbocycles. The number of carbonyl (C=O) groups is 3. The first-order valence-corrected chi connectivity index (χ1v) is 4.19. The SMILES string of the molecule is C=CC(=O)N(C(=O)C(=C)C)C(=O)C(=C)C. The molecule has 0 aromatic heterocycles. The van der Waals surface area contributed by atoms with E-state index in [9.17, 15) is 14.4 Å². The molecule has 0 aliphatic rings. The molecule has 0 fully saturated rings. The minimum atomic E-state index is -0.781. The average molecular weight is 207 g/mol. The Morgan fingerprint density at radius 3 is 1.53 bits per heavy atom. The topological polar surface area (TPSA) is 54.5 Å². The molecule has 0 heterocycles. The van der Waals surface area contributed by atoms with Crippen LogP contribution in [0.25, 0.3) is 0 Å². The van der Waals surface area contributed by atoms with Crippen LogP contribution in [0, 0.1) is 0 Å². The first-order valence-electron chi connectivity index (χ1n) is 4.19. The van der Waals surface area contributed by atoms with Gasteiger partial charge in [0.1, 0.15) is 0 Å². The fraction of sp³-hybridized carbons (Fsp3) is 0.182. The summed E-state index contributed by atoms with van der Waals surface area (Å²) in [6, 6.07) is 0. The van der Waals surface area contributed by atoms with E-state index in [1.807, 2.05) is 0 Å². The molecule has 0 atom stereocenters. The molecule has 4 heteroatoms. The van der Waals surface area contributed by atoms with E-state index in [2.05, 4.69) is 19.7 Å². The molecular formula is C11H13NO3. The molecule has 0 aromatic carbocycles. The molecule has 0 bridgehead atoms. The zero-order chi connectivity index (χ0) is 12.2. The smallest absolute Gasteiger partial charge is 0.262 e. The lowest BCUT2D eigenvalue weighted by Gasteiger charge is -2.16. The van der Waals surface area contributed by atoms with Crippen molar-refractivity contribution < 1.29 is 14.4 Å². The van der Waals surface area contributed by atoms with Crippen LogP contribution in [0.5, 0.6) is 0 Å². The van der Waals surface area contributed by atoms with Gasteiger partial charge in [-0.15, -0.1) is 0 Å². The largest absolute Gasteiger partial charge is 0.269 e. The average Bonchev–Trinajstić information content (AvgIpc) is 2.16. The molecule has 0 spiro atoms. The van der Waals surface area contributed by atoms with E-state index in [-0.39, 0.29) is 11.1 Å². The van der Waals surface area contributed by atoms with Gasteiger partial charge in [0.05, 0.1) is 0 Å². The van der Waals surface area contributed by atoms with Crippen LogP contribution in [0.15, 0.2) is 37.0 Å². The Labute approximate surface area is 88.6 Å². The molecule has 3 amide bonds. The van der Waals surface area contributed by atoms with Gasteiger partial charge in [-0.25, -0.2) is 4.90 Å². The fourth-order valence-corrected chi connectivity index (χ4v) is 0.765. The van der Waals surface area contributed by atoms with E-state index in [4.69, 9.17) is 0 Å². The third kappa shape index (κ3) is 3.02. The van der Waals surface area contributed by atoms with Crippen molar-refractivity contribution in [2.45, 2.75) is 13.8 Å². The second-order valence-electron chi connectivity index (χ2n) is 3.05. The summed E-state index contributed by atoms with van der Waals surface area (Å²) < 4.78 is 0. The van der Waals surface area contributed by atoms with E-state index < -0.39 is 17.7 Å². The Bertz CT molecular complexity index is 340. The summed E-state index contributed by atoms with van der Waals surface area (Å²) in [4.78, 5) is 34.7. The fourth-order valence-electron chi connectivity index (χ4n) is 0.765. The third-order valence-corrected chi connectivity index (χ3v) is 1.53. The molecule has 0 rings (SSSR count). The lowest BCUT2D eigenvalue weighted by molar-refractivity contribution is -0.148. The molecule has 0 saturated heterocycles. The van der Waals surface area contributed by atoms with Crippen molar-refractivity contribution in [3.63, 3.8) is 0 Å². The Balaban J connectivity index is 5.24. The van der Waals surface area contributed by atoms with Crippen LogP contribution in [0.2, 0.25) is 0 Å². The Morgan fingerprint density at radius 1 is 1.00 bits per heavy atom. The predicted molar refractivity (Wildman–Crippen MR) is 56.7 cm³/mol. The second kappa shape index (κ2) is 5.05. The number of hydrogen-bond acceptors (Lipinski definition) is 3. The van der Waals surface area contributed by atoms with Gasteiger partial charge in [0.2, 0.25) is 0 Å². The van der Waals surface area contributed by atoms with Crippen molar-refractivity contribution >= 4 is 17.7 Å². The van der Waals surface area contributed by atoms with Crippen LogP contribution in [0.3, 0.4) is 0 Å². The Morgan fingerprint density at radius 2 is 1.33 bits per heavy atom. The van der Waals surface area contributed by atoms with Crippen LogP contribution in [-0.4, -0.2) is 22.6 Å². The maximum Gasteiger partial charge on any atom is 0.262 e. The van der Waals surface area contributed by atoms with E-state index in [0.29, 0.717) is 4.90 Å². The summed E-state index contributed by atoms with van der Waals surface area (Å²) in [7, 11) is 0. The number of rotatable bonds is 3. The maximum absolute atomic E-state index is 11.5. The third-order valence-electron chi connectivity index (χ3n) is 1.53. The van der Waals surface area contributed by atoms with E-state index >= 15 is 0 Å². The Kier molecular flexibility index (Phi) is 4.38. The summed E-state index contributed by atoms with van der Waals surface area (Å²) in [6.45, 7) is 12.8. The lowest BCUT2D eigenvalue weighted by atomic mass is 10.2. The second-order valence-corrected chi connectivity index (χ2v) is 3.05. The highest BCUT2D eigenvalue weighted by molar-refractivity contribution is 6.21. The van der Waals surface area contributed by atoms with Gasteiger partial charge in [0.15, 0.2) is 0 Å². The van der Waals surface area contributed by atoms with Gasteiger partial charge >= 0.3 is 0 Å². The number of imide groups is 3. The minimum absolute atomic E-state index is 0.0970. The van der Waals surface area contributed by atoms with E-state index in [1.165, 1.54) is 13.8 Å². The normalized spacial score (nSPS) is 8.93. The van der Waals surface area contributed by atoms with Crippen LogP contribution in [-0.2, 0) is 14.4 Å². The first kappa shape index (κ1) is 13.0. The van der Waals surface area contributed by atoms with Crippen molar-refractivity contribution in [2.24, 2.45) is 0 Å². The van der Waals surface area contributed by atoms with E-state index in [0.717, 1.165) is 6.08 Å². The minimum Gasteiger partial charge on any atom is -0.269 e. The van der Waals surface area contributed by atoms with Gasteiger partial charge in [-0.05, 0) is 19.9 Å². The van der Waals surface area contributed by atoms with Gasteiger partial charge in [0.25, 0.3) is 17.7 Å². The highest BCUT2D eigenvalue weighted by Gasteiger charge is 2.27. The molecule has 4 nitrogen and oxygen atoms in total. The number of carbonyl (C=O) groups excluding carboxylic acids is 3. The molecule has 0 unspecified atom stereocenters. The van der Waals surface area contributed by atoms with Crippen LogP contribution < -0.4 is 0 Å². The van der Waals surface area contributed by atoms with Gasteiger partial charge < -0.3 is 0 Å². The molecule has 15 heavy (non-hydrogen) atoms. The lowest BCUT2D eigenvalue weighted by Crippen LogP contribution is -2.41. The highest BCUT2D eigenvalue weighted by Crippen LogP contribution is 2.05. The monoisotopic (exact) mass is 207 g/mol. The number of amides is 3. The van der Waals surface area contributed by atoms with Gasteiger partial charge in [-0.2, -0.15) is 0 Å². The van der Waals surface area contributed by atoms with Gasteiger partial charge in [-0.1, -0.05) is 19.7 Å². The van der Waals surface area contributed by atoms with Crippen molar-refractivity contribution in [3.8, 4) is 0 Å². The summed E-state index contributed by atoms with van der Waals surface area (Å²) in [5.74, 6) is -2.27. The summed E-state index contributed by atoms with van der Waals surface area (Å²) >= 11 is 0. The maximum atomic E-state index is 11.5. The number of hydrogen-bond donors (Lipinski definition) is 0. The zero-order valence-electron chi connectivity index (χ0n) is 8.87. The molecule has 0 N–H and O–H groups in total. The van der Waals surface area contributed by atoms with Gasteiger partial charge in [-0.3, -0.25) is 14.4 Å². The highest BCUT2D eigenvalue weighted by atomic mass is 16.2. The van der Waals surface area contributed by atoms with Crippen LogP contribution in [0.4, 0.5) is 0 Å². The standard InChI is InChI=1S/C11H13NO3/c1-6-9(13)12(10(14)7(2)3)11(15)8(4)5/h6H,1-2,4H2,3,5H3. The molecule has 80 valence electrons. The van der Waals surface area contributed by atoms with Crippen molar-refractivity contribution in [1.82, 2.24) is 4.90 Å². The van der Waals surface area contributed by atoms with Crippen LogP contribution in [0.1, 0.15) is 13.8 Å². The molecule has 0 aliphatic heterocycles. The first-order chi connectivity index (χ1) is 6.82. The van der Waals surface area contributed by atoms with Gasteiger partial charge in [0, 0.05) is 11.1 Å². The van der Waals surface area contributed by atoms with Crippen molar-refractivity contribution in [3.05, 3.63) is 37.0 Å². The van der Waals surface area contributed by atoms with Crippen molar-refractivity contribution in [1.29, 1.82) is 0 Å². The summed E-state index contributed by atoms with van der Waals surface area (Å²) in [6.07, 6.45) is 0.891. The summed E-state index contributed by atoms with van der Waals surface area (Å²) in [5.41, 5.74) is 0.194. The molecular weight excluding hydrogens is 194 g/mol. The molecule has 0 saturated carbocycles. The quantitative estimate of drug-likeness (QED) is 0.653. The van der Waals surface area contributed by atoms with Crippen molar-refractivity contribution in [2.75, 3.05) is 0 Å². The molecule has 0 radical (unpaired) electrons. The van der Waals surface area contributed by atoms with E-state index in [1.54, 1.807) is 0 Å². The Hall–Kier alpha value is -1.97. The predicted octanol–water partition coefficient (Wildman–Crippen LogP) is 1.21. The molecule has 0 aromatic rings.